The zero-order valence-electron chi connectivity index (χ0n) is 6.34. The minimum absolute atomic E-state index is 0.0625. The van der Waals surface area contributed by atoms with Gasteiger partial charge < -0.3 is 15.0 Å². The third kappa shape index (κ3) is 1.77. The molecule has 1 aromatic heterocycles. The van der Waals surface area contributed by atoms with Crippen molar-refractivity contribution in [3.05, 3.63) is 26.6 Å². The predicted molar refractivity (Wildman–Crippen MR) is 49.3 cm³/mol. The number of hydrogen-bond acceptors (Lipinski definition) is 3. The molecular formula is C6H7BBrNO3. The number of rotatable bonds is 1. The van der Waals surface area contributed by atoms with Crippen molar-refractivity contribution in [2.45, 2.75) is 6.92 Å². The average Bonchev–Trinajstić information content (AvgIpc) is 1.96. The first-order valence-electron chi connectivity index (χ1n) is 3.28. The summed E-state index contributed by atoms with van der Waals surface area (Å²) in [6, 6.07) is 1.39. The molecule has 64 valence electrons. The number of hydrogen-bond donors (Lipinski definition) is 3. The Morgan fingerprint density at radius 1 is 1.58 bits per heavy atom. The first-order valence-corrected chi connectivity index (χ1v) is 4.07. The van der Waals surface area contributed by atoms with Gasteiger partial charge in [0.1, 0.15) is 0 Å². The van der Waals surface area contributed by atoms with Gasteiger partial charge in [0.25, 0.3) is 0 Å². The van der Waals surface area contributed by atoms with Crippen LogP contribution in [0.5, 0.6) is 0 Å². The second-order valence-electron chi connectivity index (χ2n) is 2.40. The number of aryl methyl sites for hydroxylation is 1. The number of nitrogens with one attached hydrogen (secondary N) is 1. The summed E-state index contributed by atoms with van der Waals surface area (Å²) in [6.07, 6.45) is 0. The molecule has 0 aromatic carbocycles. The van der Waals surface area contributed by atoms with E-state index in [0.717, 1.165) is 0 Å². The van der Waals surface area contributed by atoms with E-state index in [4.69, 9.17) is 10.0 Å². The monoisotopic (exact) mass is 231 g/mol. The lowest BCUT2D eigenvalue weighted by Crippen LogP contribution is -2.42. The molecule has 0 aliphatic heterocycles. The maximum atomic E-state index is 11.0. The Morgan fingerprint density at radius 2 is 2.17 bits per heavy atom. The van der Waals surface area contributed by atoms with E-state index in [-0.39, 0.29) is 5.46 Å². The standard InChI is InChI=1S/C6H7BBrNO3/c1-3-5(8)2-4(7(11)12)6(10)9-3/h2,11-12H,1H3,(H,9,10). The van der Waals surface area contributed by atoms with E-state index in [1.54, 1.807) is 6.92 Å². The third-order valence-corrected chi connectivity index (χ3v) is 2.31. The summed E-state index contributed by atoms with van der Waals surface area (Å²) in [7, 11) is -1.73. The highest BCUT2D eigenvalue weighted by atomic mass is 79.9. The minimum Gasteiger partial charge on any atom is -0.423 e. The largest absolute Gasteiger partial charge is 0.494 e. The predicted octanol–water partition coefficient (Wildman–Crippen LogP) is -0.874. The van der Waals surface area contributed by atoms with E-state index >= 15 is 0 Å². The summed E-state index contributed by atoms with van der Waals surface area (Å²) < 4.78 is 0.644. The van der Waals surface area contributed by atoms with Gasteiger partial charge in [-0.25, -0.2) is 0 Å². The number of H-pyrrole nitrogens is 1. The molecule has 1 heterocycles. The highest BCUT2D eigenvalue weighted by Crippen LogP contribution is 2.08. The third-order valence-electron chi connectivity index (χ3n) is 1.48. The van der Waals surface area contributed by atoms with E-state index in [2.05, 4.69) is 20.9 Å². The Bertz CT molecular complexity index is 349. The Morgan fingerprint density at radius 3 is 2.67 bits per heavy atom. The molecule has 0 saturated heterocycles. The van der Waals surface area contributed by atoms with Crippen LogP contribution in [0.1, 0.15) is 5.69 Å². The molecule has 1 rings (SSSR count). The zero-order chi connectivity index (χ0) is 9.30. The zero-order valence-corrected chi connectivity index (χ0v) is 7.92. The number of halogens is 1. The summed E-state index contributed by atoms with van der Waals surface area (Å²) in [5.41, 5.74) is 0.113. The van der Waals surface area contributed by atoms with Crippen LogP contribution in [-0.4, -0.2) is 22.2 Å². The summed E-state index contributed by atoms with van der Waals surface area (Å²) in [4.78, 5) is 13.5. The molecule has 0 bridgehead atoms. The lowest BCUT2D eigenvalue weighted by atomic mass is 9.81. The molecule has 3 N–H and O–H groups in total. The smallest absolute Gasteiger partial charge is 0.423 e. The fourth-order valence-corrected chi connectivity index (χ4v) is 1.15. The maximum Gasteiger partial charge on any atom is 0.494 e. The van der Waals surface area contributed by atoms with Crippen molar-refractivity contribution < 1.29 is 10.0 Å². The van der Waals surface area contributed by atoms with Crippen molar-refractivity contribution in [2.24, 2.45) is 0 Å². The molecule has 0 radical (unpaired) electrons. The quantitative estimate of drug-likeness (QED) is 0.550. The Balaban J connectivity index is 3.33. The summed E-state index contributed by atoms with van der Waals surface area (Å²) in [6.45, 7) is 1.71. The van der Waals surface area contributed by atoms with Crippen molar-refractivity contribution in [1.82, 2.24) is 4.98 Å². The van der Waals surface area contributed by atoms with Crippen LogP contribution >= 0.6 is 15.9 Å². The Labute approximate surface area is 77.5 Å². The van der Waals surface area contributed by atoms with Gasteiger partial charge in [-0.2, -0.15) is 0 Å². The van der Waals surface area contributed by atoms with Gasteiger partial charge in [-0.3, -0.25) is 4.79 Å². The van der Waals surface area contributed by atoms with Gasteiger partial charge >= 0.3 is 7.12 Å². The molecule has 0 unspecified atom stereocenters. The average molecular weight is 232 g/mol. The molecule has 0 amide bonds. The molecule has 0 aliphatic rings. The van der Waals surface area contributed by atoms with Crippen molar-refractivity contribution in [3.63, 3.8) is 0 Å². The van der Waals surface area contributed by atoms with Crippen molar-refractivity contribution in [2.75, 3.05) is 0 Å². The molecule has 4 nitrogen and oxygen atoms in total. The topological polar surface area (TPSA) is 73.3 Å². The maximum absolute atomic E-state index is 11.0. The van der Waals surface area contributed by atoms with Gasteiger partial charge in [-0.05, 0) is 28.9 Å². The van der Waals surface area contributed by atoms with Crippen LogP contribution in [0, 0.1) is 6.92 Å². The van der Waals surface area contributed by atoms with Gasteiger partial charge in [0.15, 0.2) is 0 Å². The molecule has 1 aromatic rings. The van der Waals surface area contributed by atoms with Crippen LogP contribution in [0.3, 0.4) is 0 Å². The van der Waals surface area contributed by atoms with Gasteiger partial charge in [0.05, 0.1) is 0 Å². The molecule has 12 heavy (non-hydrogen) atoms. The molecule has 0 aliphatic carbocycles. The molecular weight excluding hydrogens is 225 g/mol. The van der Waals surface area contributed by atoms with Crippen LogP contribution in [0.2, 0.25) is 0 Å². The highest BCUT2D eigenvalue weighted by molar-refractivity contribution is 9.10. The van der Waals surface area contributed by atoms with Crippen LogP contribution in [0.4, 0.5) is 0 Å². The van der Waals surface area contributed by atoms with Crippen molar-refractivity contribution >= 4 is 28.5 Å². The number of pyridine rings is 1. The summed E-state index contributed by atoms with van der Waals surface area (Å²) in [5.74, 6) is 0. The molecule has 0 spiro atoms. The lowest BCUT2D eigenvalue weighted by Gasteiger charge is -2.01. The van der Waals surface area contributed by atoms with E-state index in [9.17, 15) is 4.79 Å². The van der Waals surface area contributed by atoms with Crippen LogP contribution < -0.4 is 11.0 Å². The van der Waals surface area contributed by atoms with E-state index in [1.807, 2.05) is 0 Å². The van der Waals surface area contributed by atoms with Gasteiger partial charge in [0, 0.05) is 15.6 Å². The summed E-state index contributed by atoms with van der Waals surface area (Å²) >= 11 is 3.16. The number of aromatic amines is 1. The van der Waals surface area contributed by atoms with Gasteiger partial charge in [0.2, 0.25) is 5.56 Å². The summed E-state index contributed by atoms with van der Waals surface area (Å²) in [5, 5.41) is 17.5. The lowest BCUT2D eigenvalue weighted by molar-refractivity contribution is 0.425. The Hall–Kier alpha value is -0.585. The second-order valence-corrected chi connectivity index (χ2v) is 3.25. The van der Waals surface area contributed by atoms with Gasteiger partial charge in [-0.1, -0.05) is 0 Å². The van der Waals surface area contributed by atoms with Crippen molar-refractivity contribution in [3.8, 4) is 0 Å². The normalized spacial score (nSPS) is 10.0. The van der Waals surface area contributed by atoms with Crippen molar-refractivity contribution in [1.29, 1.82) is 0 Å². The molecule has 0 saturated carbocycles. The fraction of sp³-hybridized carbons (Fsp3) is 0.167. The van der Waals surface area contributed by atoms with Crippen LogP contribution in [0.25, 0.3) is 0 Å². The highest BCUT2D eigenvalue weighted by Gasteiger charge is 2.16. The van der Waals surface area contributed by atoms with Crippen LogP contribution in [-0.2, 0) is 0 Å². The number of aromatic nitrogens is 1. The molecule has 0 atom stereocenters. The minimum atomic E-state index is -1.73. The SMILES string of the molecule is Cc1[nH]c(=O)c(B(O)O)cc1Br. The Kier molecular flexibility index (Phi) is 2.71. The first kappa shape index (κ1) is 9.50. The molecule has 6 heteroatoms. The molecule has 0 fully saturated rings. The van der Waals surface area contributed by atoms with E-state index in [1.165, 1.54) is 6.07 Å². The van der Waals surface area contributed by atoms with Gasteiger partial charge in [-0.15, -0.1) is 0 Å². The second kappa shape index (κ2) is 3.43. The fourth-order valence-electron chi connectivity index (χ4n) is 0.804. The van der Waals surface area contributed by atoms with Crippen LogP contribution in [0.15, 0.2) is 15.3 Å². The van der Waals surface area contributed by atoms with E-state index in [0.29, 0.717) is 10.2 Å². The first-order chi connectivity index (χ1) is 5.52. The van der Waals surface area contributed by atoms with E-state index < -0.39 is 12.7 Å².